The van der Waals surface area contributed by atoms with E-state index in [0.717, 1.165) is 25.7 Å². The molecule has 122 valence electrons. The van der Waals surface area contributed by atoms with Crippen LogP contribution in [-0.4, -0.2) is 25.5 Å². The molecule has 1 rings (SSSR count). The summed E-state index contributed by atoms with van der Waals surface area (Å²) in [6.07, 6.45) is 4.17. The van der Waals surface area contributed by atoms with Crippen LogP contribution in [0.15, 0.2) is 18.2 Å². The fourth-order valence-corrected chi connectivity index (χ4v) is 2.04. The molecule has 0 heterocycles. The second-order valence-electron chi connectivity index (χ2n) is 5.01. The number of hydrogen-bond donors (Lipinski definition) is 1. The second-order valence-corrected chi connectivity index (χ2v) is 5.01. The first kappa shape index (κ1) is 26.0. The van der Waals surface area contributed by atoms with Gasteiger partial charge in [0, 0.05) is 18.1 Å². The topological polar surface area (TPSA) is 102 Å². The van der Waals surface area contributed by atoms with E-state index >= 15 is 0 Å². The van der Waals surface area contributed by atoms with Crippen molar-refractivity contribution < 1.29 is 83.7 Å². The maximum atomic E-state index is 11.9. The average molecular weight is 353 g/mol. The number of carbonyl (C=O) groups excluding carboxylic acids is 2. The first-order valence-electron chi connectivity index (χ1n) is 7.37. The minimum Gasteiger partial charge on any atom is -0.872 e. The molecule has 0 aromatic heterocycles. The molecule has 0 saturated heterocycles. The van der Waals surface area contributed by atoms with E-state index in [-0.39, 0.29) is 82.8 Å². The molecular formula is C16H21NNa2O5. The second kappa shape index (κ2) is 15.0. The third kappa shape index (κ3) is 10.6. The van der Waals surface area contributed by atoms with Gasteiger partial charge in [0.05, 0.1) is 7.11 Å². The number of carboxylic acid groups (broad SMARTS) is 1. The van der Waals surface area contributed by atoms with Crippen molar-refractivity contribution in [3.8, 4) is 11.5 Å². The number of benzene rings is 1. The largest absolute Gasteiger partial charge is 1.00 e. The number of ether oxygens (including phenoxy) is 1. The van der Waals surface area contributed by atoms with Crippen LogP contribution < -0.4 is 79.4 Å². The molecule has 0 radical (unpaired) electrons. The molecule has 1 aromatic rings. The molecule has 0 aliphatic rings. The predicted octanol–water partition coefficient (Wildman–Crippen LogP) is -5.40. The number of methoxy groups -OCH3 is 1. The van der Waals surface area contributed by atoms with E-state index in [9.17, 15) is 19.8 Å². The standard InChI is InChI=1S/C16H23NO5.2Na/c1-22-12-8-9-13(14(18)11-12)16(21)17-10-6-4-2-3-5-7-15(19)20;;/h8-9,11,18H,2-7,10H2,1H3,(H,17,21)(H,19,20);;/q;2*+1/p-2. The normalized spacial score (nSPS) is 9.38. The van der Waals surface area contributed by atoms with Gasteiger partial charge in [-0.05, 0) is 37.5 Å². The molecule has 1 amide bonds. The van der Waals surface area contributed by atoms with E-state index in [2.05, 4.69) is 5.32 Å². The molecule has 0 fully saturated rings. The zero-order chi connectivity index (χ0) is 16.4. The molecule has 6 nitrogen and oxygen atoms in total. The van der Waals surface area contributed by atoms with Gasteiger partial charge in [0.15, 0.2) is 0 Å². The van der Waals surface area contributed by atoms with Crippen LogP contribution >= 0.6 is 0 Å². The monoisotopic (exact) mass is 353 g/mol. The third-order valence-electron chi connectivity index (χ3n) is 3.28. The Kier molecular flexibility index (Phi) is 16.3. The molecule has 0 aliphatic heterocycles. The molecule has 0 saturated carbocycles. The number of aliphatic carboxylic acids is 1. The van der Waals surface area contributed by atoms with Crippen LogP contribution in [0.2, 0.25) is 0 Å². The number of nitrogens with one attached hydrogen (secondary N) is 1. The van der Waals surface area contributed by atoms with Crippen molar-refractivity contribution in [2.45, 2.75) is 38.5 Å². The first-order valence-corrected chi connectivity index (χ1v) is 7.37. The zero-order valence-electron chi connectivity index (χ0n) is 14.7. The van der Waals surface area contributed by atoms with Crippen molar-refractivity contribution in [3.05, 3.63) is 23.8 Å². The summed E-state index contributed by atoms with van der Waals surface area (Å²) in [5, 5.41) is 24.6. The Morgan fingerprint density at radius 3 is 2.29 bits per heavy atom. The van der Waals surface area contributed by atoms with Crippen LogP contribution in [0.5, 0.6) is 11.5 Å². The Morgan fingerprint density at radius 2 is 1.71 bits per heavy atom. The van der Waals surface area contributed by atoms with Crippen molar-refractivity contribution in [1.82, 2.24) is 5.32 Å². The summed E-state index contributed by atoms with van der Waals surface area (Å²) in [5.41, 5.74) is 0.106. The number of carbonyl (C=O) groups is 2. The number of carboxylic acids is 1. The van der Waals surface area contributed by atoms with E-state index in [1.165, 1.54) is 19.2 Å². The summed E-state index contributed by atoms with van der Waals surface area (Å²) in [6, 6.07) is 4.32. The van der Waals surface area contributed by atoms with Gasteiger partial charge in [-0.3, -0.25) is 4.79 Å². The summed E-state index contributed by atoms with van der Waals surface area (Å²) in [7, 11) is 1.46. The molecule has 0 atom stereocenters. The molecule has 1 N–H and O–H groups in total. The Labute approximate surface area is 186 Å². The summed E-state index contributed by atoms with van der Waals surface area (Å²) in [6.45, 7) is 0.491. The number of unbranched alkanes of at least 4 members (excludes halogenated alkanes) is 4. The van der Waals surface area contributed by atoms with Gasteiger partial charge in [0.2, 0.25) is 0 Å². The van der Waals surface area contributed by atoms with Gasteiger partial charge in [-0.2, -0.15) is 0 Å². The molecule has 0 spiro atoms. The van der Waals surface area contributed by atoms with Gasteiger partial charge in [-0.1, -0.05) is 25.0 Å². The Hall–Kier alpha value is -0.240. The Bertz CT molecular complexity index is 511. The van der Waals surface area contributed by atoms with Crippen molar-refractivity contribution in [3.63, 3.8) is 0 Å². The molecule has 24 heavy (non-hydrogen) atoms. The Morgan fingerprint density at radius 1 is 1.08 bits per heavy atom. The molecule has 1 aromatic carbocycles. The molecular weight excluding hydrogens is 332 g/mol. The van der Waals surface area contributed by atoms with Gasteiger partial charge in [-0.25, -0.2) is 0 Å². The van der Waals surface area contributed by atoms with Gasteiger partial charge in [0.25, 0.3) is 5.91 Å². The summed E-state index contributed by atoms with van der Waals surface area (Å²) < 4.78 is 4.92. The van der Waals surface area contributed by atoms with Gasteiger partial charge >= 0.3 is 59.1 Å². The van der Waals surface area contributed by atoms with Crippen LogP contribution in [0.25, 0.3) is 0 Å². The summed E-state index contributed by atoms with van der Waals surface area (Å²) >= 11 is 0. The number of hydrogen-bond acceptors (Lipinski definition) is 5. The zero-order valence-corrected chi connectivity index (χ0v) is 18.7. The van der Waals surface area contributed by atoms with Gasteiger partial charge in [0.1, 0.15) is 5.75 Å². The third-order valence-corrected chi connectivity index (χ3v) is 3.28. The fraction of sp³-hybridized carbons (Fsp3) is 0.500. The van der Waals surface area contributed by atoms with Gasteiger partial charge in [-0.15, -0.1) is 0 Å². The summed E-state index contributed by atoms with van der Waals surface area (Å²) in [5.74, 6) is -1.33. The first-order chi connectivity index (χ1) is 10.5. The number of amides is 1. The van der Waals surface area contributed by atoms with Crippen LogP contribution in [0.4, 0.5) is 0 Å². The average Bonchev–Trinajstić information content (AvgIpc) is 2.49. The van der Waals surface area contributed by atoms with Crippen molar-refractivity contribution in [1.29, 1.82) is 0 Å². The smallest absolute Gasteiger partial charge is 0.872 e. The fourth-order valence-electron chi connectivity index (χ4n) is 2.04. The van der Waals surface area contributed by atoms with E-state index in [0.29, 0.717) is 18.7 Å². The molecule has 0 aliphatic carbocycles. The summed E-state index contributed by atoms with van der Waals surface area (Å²) in [4.78, 5) is 22.1. The minimum atomic E-state index is -1.01. The van der Waals surface area contributed by atoms with E-state index in [4.69, 9.17) is 4.74 Å². The van der Waals surface area contributed by atoms with Crippen molar-refractivity contribution in [2.24, 2.45) is 0 Å². The SMILES string of the molecule is COc1ccc(C(=O)NCCCCCCCC(=O)[O-])c([O-])c1.[Na+].[Na+]. The molecule has 8 heteroatoms. The van der Waals surface area contributed by atoms with Gasteiger partial charge < -0.3 is 25.1 Å². The predicted molar refractivity (Wildman–Crippen MR) is 77.5 cm³/mol. The van der Waals surface area contributed by atoms with E-state index in [1.807, 2.05) is 0 Å². The van der Waals surface area contributed by atoms with Crippen LogP contribution in [0.1, 0.15) is 48.9 Å². The van der Waals surface area contributed by atoms with E-state index < -0.39 is 5.97 Å². The number of rotatable bonds is 10. The quantitative estimate of drug-likeness (QED) is 0.334. The molecule has 0 unspecified atom stereocenters. The van der Waals surface area contributed by atoms with Crippen LogP contribution in [0, 0.1) is 0 Å². The minimum absolute atomic E-state index is 0. The maximum absolute atomic E-state index is 11.9. The van der Waals surface area contributed by atoms with Crippen LogP contribution in [-0.2, 0) is 4.79 Å². The van der Waals surface area contributed by atoms with Crippen LogP contribution in [0.3, 0.4) is 0 Å². The van der Waals surface area contributed by atoms with Crippen molar-refractivity contribution in [2.75, 3.05) is 13.7 Å². The Balaban J connectivity index is 0. The van der Waals surface area contributed by atoms with Crippen molar-refractivity contribution >= 4 is 11.9 Å². The maximum Gasteiger partial charge on any atom is 1.00 e. The molecule has 0 bridgehead atoms. The van der Waals surface area contributed by atoms with E-state index in [1.54, 1.807) is 6.07 Å².